The molecule has 7 N–H and O–H groups in total. The molecule has 4 aliphatic carbocycles. The van der Waals surface area contributed by atoms with Gasteiger partial charge in [-0.15, -0.1) is 0 Å². The van der Waals surface area contributed by atoms with E-state index in [0.29, 0.717) is 0 Å². The predicted octanol–water partition coefficient (Wildman–Crippen LogP) is 3.56. The molecule has 140 valence electrons. The number of carboxylic acid groups (broad SMARTS) is 2. The summed E-state index contributed by atoms with van der Waals surface area (Å²) in [5.74, 6) is 2.49. The Morgan fingerprint density at radius 3 is 1.32 bits per heavy atom. The summed E-state index contributed by atoms with van der Waals surface area (Å²) in [7, 11) is 0. The molecule has 4 bridgehead atoms. The highest BCUT2D eigenvalue weighted by atomic mass is 16.4. The van der Waals surface area contributed by atoms with Gasteiger partial charge in [0, 0.05) is 0 Å². The number of rotatable bonds is 2. The molecule has 6 nitrogen and oxygen atoms in total. The maximum absolute atomic E-state index is 10.6. The topological polar surface area (TPSA) is 141 Å². The second-order valence-corrected chi connectivity index (χ2v) is 7.47. The highest BCUT2D eigenvalue weighted by Crippen LogP contribution is 2.53. The minimum Gasteiger partial charge on any atom is -0.478 e. The third-order valence-electron chi connectivity index (χ3n) is 5.79. The van der Waals surface area contributed by atoms with Gasteiger partial charge in [0.25, 0.3) is 0 Å². The van der Waals surface area contributed by atoms with Gasteiger partial charge in [0.05, 0.1) is 11.1 Å². The second-order valence-electron chi connectivity index (χ2n) is 7.47. The van der Waals surface area contributed by atoms with Crippen LogP contribution in [0.15, 0.2) is 18.2 Å². The van der Waals surface area contributed by atoms with Crippen LogP contribution in [0.5, 0.6) is 0 Å². The van der Waals surface area contributed by atoms with Gasteiger partial charge < -0.3 is 21.8 Å². The summed E-state index contributed by atoms with van der Waals surface area (Å²) in [6.07, 6.45) is 9.62. The van der Waals surface area contributed by atoms with E-state index in [4.69, 9.17) is 10.2 Å². The molecular formula is C19H29NO5. The van der Waals surface area contributed by atoms with Crippen molar-refractivity contribution in [1.82, 2.24) is 6.15 Å². The van der Waals surface area contributed by atoms with Crippen molar-refractivity contribution in [3.8, 4) is 0 Å². The van der Waals surface area contributed by atoms with Gasteiger partial charge in [-0.1, -0.05) is 6.07 Å². The molecule has 1 aromatic rings. The lowest BCUT2D eigenvalue weighted by atomic mass is 9.56. The molecule has 0 spiro atoms. The van der Waals surface area contributed by atoms with Gasteiger partial charge in [0.1, 0.15) is 0 Å². The van der Waals surface area contributed by atoms with Gasteiger partial charge in [-0.2, -0.15) is 0 Å². The molecule has 4 saturated carbocycles. The Kier molecular flexibility index (Phi) is 7.14. The molecule has 0 unspecified atom stereocenters. The van der Waals surface area contributed by atoms with Crippen LogP contribution in [0, 0.1) is 30.6 Å². The van der Waals surface area contributed by atoms with E-state index in [9.17, 15) is 9.59 Å². The summed E-state index contributed by atoms with van der Waals surface area (Å²) in [5, 5.41) is 17.4. The third-order valence-corrected chi connectivity index (χ3v) is 5.79. The summed E-state index contributed by atoms with van der Waals surface area (Å²) in [6.45, 7) is 1.48. The van der Waals surface area contributed by atoms with Gasteiger partial charge in [0.15, 0.2) is 0 Å². The molecule has 0 heterocycles. The molecule has 6 heteroatoms. The van der Waals surface area contributed by atoms with E-state index in [1.54, 1.807) is 38.5 Å². The smallest absolute Gasteiger partial charge is 0.335 e. The van der Waals surface area contributed by atoms with E-state index < -0.39 is 11.9 Å². The standard InChI is InChI=1S/C10H16.C9H8O4.H3N.H2O/c1-7-2-9-4-8(1)5-10(3-7)6-9;1-5-6(8(10)11)3-2-4-7(5)9(12)13;;/h7-10H,1-6H2;2-4H,1H3,(H,10,11)(H,12,13);1H3;1H2. The molecule has 0 atom stereocenters. The summed E-state index contributed by atoms with van der Waals surface area (Å²) in [4.78, 5) is 21.2. The van der Waals surface area contributed by atoms with Gasteiger partial charge in [0.2, 0.25) is 0 Å². The summed E-state index contributed by atoms with van der Waals surface area (Å²) in [6, 6.07) is 4.17. The van der Waals surface area contributed by atoms with Crippen molar-refractivity contribution in [1.29, 1.82) is 0 Å². The molecule has 25 heavy (non-hydrogen) atoms. The highest BCUT2D eigenvalue weighted by Gasteiger charge is 2.41. The SMILES string of the molecule is C1C2CC3CC1CC(C2)C3.Cc1c(C(=O)O)cccc1C(=O)O.N.O. The first kappa shape index (κ1) is 21.1. The number of carboxylic acids is 2. The first-order chi connectivity index (χ1) is 10.9. The van der Waals surface area contributed by atoms with Gasteiger partial charge >= 0.3 is 11.9 Å². The number of benzene rings is 1. The van der Waals surface area contributed by atoms with E-state index in [1.807, 2.05) is 0 Å². The number of hydrogen-bond donors (Lipinski definition) is 3. The molecule has 5 rings (SSSR count). The van der Waals surface area contributed by atoms with Crippen LogP contribution in [0.3, 0.4) is 0 Å². The van der Waals surface area contributed by atoms with E-state index in [-0.39, 0.29) is 28.3 Å². The fraction of sp³-hybridized carbons (Fsp3) is 0.579. The summed E-state index contributed by atoms with van der Waals surface area (Å²) in [5.41, 5.74) is 0.335. The molecule has 0 radical (unpaired) electrons. The molecule has 4 aliphatic rings. The van der Waals surface area contributed by atoms with Crippen LogP contribution in [0.4, 0.5) is 0 Å². The van der Waals surface area contributed by atoms with Gasteiger partial charge in [-0.05, 0) is 86.8 Å². The van der Waals surface area contributed by atoms with Crippen molar-refractivity contribution in [3.63, 3.8) is 0 Å². The Balaban J connectivity index is 0.000000235. The van der Waals surface area contributed by atoms with Crippen LogP contribution in [-0.2, 0) is 0 Å². The Hall–Kier alpha value is -1.92. The molecular weight excluding hydrogens is 322 g/mol. The van der Waals surface area contributed by atoms with Crippen LogP contribution in [0.1, 0.15) is 64.8 Å². The van der Waals surface area contributed by atoms with Crippen molar-refractivity contribution in [2.45, 2.75) is 45.4 Å². The minimum atomic E-state index is -1.11. The predicted molar refractivity (Wildman–Crippen MR) is 95.4 cm³/mol. The minimum absolute atomic E-state index is 0. The monoisotopic (exact) mass is 351 g/mol. The van der Waals surface area contributed by atoms with Crippen molar-refractivity contribution in [2.24, 2.45) is 23.7 Å². The largest absolute Gasteiger partial charge is 0.478 e. The maximum Gasteiger partial charge on any atom is 0.335 e. The Labute approximate surface area is 148 Å². The second kappa shape index (κ2) is 8.45. The maximum atomic E-state index is 10.6. The first-order valence-corrected chi connectivity index (χ1v) is 8.50. The van der Waals surface area contributed by atoms with Gasteiger partial charge in [-0.3, -0.25) is 0 Å². The molecule has 0 saturated heterocycles. The van der Waals surface area contributed by atoms with E-state index in [2.05, 4.69) is 0 Å². The first-order valence-electron chi connectivity index (χ1n) is 8.50. The van der Waals surface area contributed by atoms with Crippen molar-refractivity contribution in [2.75, 3.05) is 0 Å². The molecule has 0 aromatic heterocycles. The fourth-order valence-corrected chi connectivity index (χ4v) is 5.08. The lowest BCUT2D eigenvalue weighted by molar-refractivity contribution is 0.0198. The van der Waals surface area contributed by atoms with Crippen molar-refractivity contribution < 1.29 is 25.3 Å². The average Bonchev–Trinajstić information content (AvgIpc) is 2.46. The molecule has 4 fully saturated rings. The van der Waals surface area contributed by atoms with Crippen LogP contribution in [0.25, 0.3) is 0 Å². The van der Waals surface area contributed by atoms with Crippen LogP contribution in [-0.4, -0.2) is 27.6 Å². The van der Waals surface area contributed by atoms with Crippen LogP contribution in [0.2, 0.25) is 0 Å². The molecule has 1 aromatic carbocycles. The zero-order valence-electron chi connectivity index (χ0n) is 14.7. The zero-order valence-corrected chi connectivity index (χ0v) is 14.7. The van der Waals surface area contributed by atoms with Crippen molar-refractivity contribution >= 4 is 11.9 Å². The third kappa shape index (κ3) is 4.58. The van der Waals surface area contributed by atoms with E-state index in [0.717, 1.165) is 0 Å². The number of carbonyl (C=O) groups is 2. The van der Waals surface area contributed by atoms with Crippen molar-refractivity contribution in [3.05, 3.63) is 34.9 Å². The average molecular weight is 351 g/mol. The number of hydrogen-bond acceptors (Lipinski definition) is 3. The Bertz CT molecular complexity index is 539. The van der Waals surface area contributed by atoms with Gasteiger partial charge in [-0.25, -0.2) is 9.59 Å². The molecule has 0 aliphatic heterocycles. The van der Waals surface area contributed by atoms with E-state index in [1.165, 1.54) is 48.8 Å². The highest BCUT2D eigenvalue weighted by molar-refractivity contribution is 5.96. The Morgan fingerprint density at radius 2 is 1.08 bits per heavy atom. The zero-order chi connectivity index (χ0) is 16.6. The summed E-state index contributed by atoms with van der Waals surface area (Å²) < 4.78 is 0. The van der Waals surface area contributed by atoms with E-state index >= 15 is 0 Å². The fourth-order valence-electron chi connectivity index (χ4n) is 5.08. The van der Waals surface area contributed by atoms with Crippen LogP contribution >= 0.6 is 0 Å². The van der Waals surface area contributed by atoms with Crippen LogP contribution < -0.4 is 6.15 Å². The normalized spacial score (nSPS) is 28.0. The quantitative estimate of drug-likeness (QED) is 0.747. The summed E-state index contributed by atoms with van der Waals surface area (Å²) >= 11 is 0. The lowest BCUT2D eigenvalue weighted by Crippen LogP contribution is -2.38. The Morgan fingerprint density at radius 1 is 0.800 bits per heavy atom. The molecule has 0 amide bonds. The number of aromatic carboxylic acids is 2. The lowest BCUT2D eigenvalue weighted by Gasteiger charge is -2.49.